The minimum Gasteiger partial charge on any atom is -0.392 e. The number of nitrogens with one attached hydrogen (secondary N) is 1. The van der Waals surface area contributed by atoms with Gasteiger partial charge in [-0.3, -0.25) is 0 Å². The highest BCUT2D eigenvalue weighted by atomic mass is 35.5. The fourth-order valence-corrected chi connectivity index (χ4v) is 1.13. The first-order chi connectivity index (χ1) is 4.33. The molecule has 3 nitrogen and oxygen atoms in total. The molecule has 0 aliphatic carbocycles. The second kappa shape index (κ2) is 4.91. The third-order valence-corrected chi connectivity index (χ3v) is 1.57. The lowest BCUT2D eigenvalue weighted by Gasteiger charge is -2.06. The van der Waals surface area contributed by atoms with E-state index in [1.165, 1.54) is 0 Å². The van der Waals surface area contributed by atoms with E-state index < -0.39 is 0 Å². The third kappa shape index (κ3) is 2.84. The Morgan fingerprint density at radius 3 is 2.80 bits per heavy atom. The smallest absolute Gasteiger partial charge is 0.0680 e. The van der Waals surface area contributed by atoms with Crippen LogP contribution in [-0.2, 0) is 4.74 Å². The molecule has 0 aromatic carbocycles. The summed E-state index contributed by atoms with van der Waals surface area (Å²) in [6, 6.07) is 0.366. The molecule has 2 N–H and O–H groups in total. The maximum absolute atomic E-state index is 9.01. The Bertz CT molecular complexity index is 89.8. The van der Waals surface area contributed by atoms with Crippen LogP contribution in [-0.4, -0.2) is 37.5 Å². The van der Waals surface area contributed by atoms with E-state index in [9.17, 15) is 0 Å². The van der Waals surface area contributed by atoms with Crippen molar-refractivity contribution in [1.82, 2.24) is 5.32 Å². The number of methoxy groups -OCH3 is 1. The molecular weight excluding hydrogens is 154 g/mol. The second-order valence-electron chi connectivity index (χ2n) is 2.45. The van der Waals surface area contributed by atoms with Crippen LogP contribution in [0, 0.1) is 0 Å². The molecular formula is C6H14ClNO2. The molecule has 0 bridgehead atoms. The lowest BCUT2D eigenvalue weighted by atomic mass is 10.2. The molecule has 0 unspecified atom stereocenters. The summed E-state index contributed by atoms with van der Waals surface area (Å²) in [5.41, 5.74) is 0. The predicted molar refractivity (Wildman–Crippen MR) is 41.5 cm³/mol. The van der Waals surface area contributed by atoms with E-state index in [4.69, 9.17) is 9.84 Å². The van der Waals surface area contributed by atoms with Crippen molar-refractivity contribution in [2.45, 2.75) is 18.6 Å². The van der Waals surface area contributed by atoms with E-state index in [1.807, 2.05) is 0 Å². The summed E-state index contributed by atoms with van der Waals surface area (Å²) >= 11 is 0. The topological polar surface area (TPSA) is 41.5 Å². The molecule has 4 heteroatoms. The van der Waals surface area contributed by atoms with Crippen molar-refractivity contribution in [3.63, 3.8) is 0 Å². The Labute approximate surface area is 67.2 Å². The van der Waals surface area contributed by atoms with E-state index in [1.54, 1.807) is 7.11 Å². The normalized spacial score (nSPS) is 31.8. The number of aliphatic hydroxyl groups excluding tert-OH is 1. The maximum Gasteiger partial charge on any atom is 0.0680 e. The molecule has 0 radical (unpaired) electrons. The number of aliphatic hydroxyl groups is 1. The van der Waals surface area contributed by atoms with Crippen LogP contribution in [0.15, 0.2) is 0 Å². The van der Waals surface area contributed by atoms with E-state index in [0.29, 0.717) is 19.2 Å². The molecule has 1 aliphatic rings. The highest BCUT2D eigenvalue weighted by molar-refractivity contribution is 5.85. The predicted octanol–water partition coefficient (Wildman–Crippen LogP) is -0.223. The monoisotopic (exact) mass is 167 g/mol. The average molecular weight is 168 g/mol. The van der Waals surface area contributed by atoms with Gasteiger partial charge in [0.05, 0.1) is 12.7 Å². The van der Waals surface area contributed by atoms with Gasteiger partial charge in [-0.1, -0.05) is 0 Å². The lowest BCUT2D eigenvalue weighted by Crippen LogP contribution is -2.25. The van der Waals surface area contributed by atoms with Gasteiger partial charge in [0.25, 0.3) is 0 Å². The summed E-state index contributed by atoms with van der Waals surface area (Å²) in [6.45, 7) is 1.42. The fourth-order valence-electron chi connectivity index (χ4n) is 1.13. The van der Waals surface area contributed by atoms with Crippen molar-refractivity contribution in [3.05, 3.63) is 0 Å². The molecule has 0 aromatic rings. The van der Waals surface area contributed by atoms with Gasteiger partial charge in [-0.2, -0.15) is 0 Å². The molecule has 1 saturated heterocycles. The van der Waals surface area contributed by atoms with Crippen molar-refractivity contribution in [3.8, 4) is 0 Å². The molecule has 0 saturated carbocycles. The van der Waals surface area contributed by atoms with E-state index in [-0.39, 0.29) is 18.5 Å². The van der Waals surface area contributed by atoms with Crippen LogP contribution in [0.1, 0.15) is 6.42 Å². The van der Waals surface area contributed by atoms with Crippen LogP contribution in [0.4, 0.5) is 0 Å². The Morgan fingerprint density at radius 2 is 2.40 bits per heavy atom. The number of halogens is 1. The summed E-state index contributed by atoms with van der Waals surface area (Å²) in [4.78, 5) is 0. The first-order valence-electron chi connectivity index (χ1n) is 3.23. The zero-order valence-electron chi connectivity index (χ0n) is 6.04. The third-order valence-electron chi connectivity index (χ3n) is 1.57. The number of β-amino-alcohol motifs (C(OH)–C–C–N with tert-alkyl or cyclic N) is 1. The van der Waals surface area contributed by atoms with Crippen molar-refractivity contribution in [2.75, 3.05) is 20.3 Å². The van der Waals surface area contributed by atoms with Gasteiger partial charge in [-0.15, -0.1) is 12.4 Å². The molecule has 0 aromatic heterocycles. The van der Waals surface area contributed by atoms with Crippen molar-refractivity contribution < 1.29 is 9.84 Å². The van der Waals surface area contributed by atoms with Gasteiger partial charge in [0.2, 0.25) is 0 Å². The maximum atomic E-state index is 9.01. The molecule has 1 heterocycles. The van der Waals surface area contributed by atoms with Crippen LogP contribution < -0.4 is 5.32 Å². The SMILES string of the molecule is COC[C@@H]1C[C@H](O)CN1.Cl. The molecule has 0 amide bonds. The van der Waals surface area contributed by atoms with Crippen LogP contribution >= 0.6 is 12.4 Å². The van der Waals surface area contributed by atoms with Gasteiger partial charge in [0.15, 0.2) is 0 Å². The number of rotatable bonds is 2. The zero-order valence-corrected chi connectivity index (χ0v) is 6.86. The number of ether oxygens (including phenoxy) is 1. The summed E-state index contributed by atoms with van der Waals surface area (Å²) < 4.78 is 4.90. The lowest BCUT2D eigenvalue weighted by molar-refractivity contribution is 0.157. The van der Waals surface area contributed by atoms with E-state index in [2.05, 4.69) is 5.32 Å². The van der Waals surface area contributed by atoms with Gasteiger partial charge >= 0.3 is 0 Å². The van der Waals surface area contributed by atoms with Gasteiger partial charge in [-0.25, -0.2) is 0 Å². The van der Waals surface area contributed by atoms with E-state index in [0.717, 1.165) is 6.42 Å². The van der Waals surface area contributed by atoms with Crippen LogP contribution in [0.25, 0.3) is 0 Å². The summed E-state index contributed by atoms with van der Waals surface area (Å²) in [6.07, 6.45) is 0.665. The second-order valence-corrected chi connectivity index (χ2v) is 2.45. The Balaban J connectivity index is 0.000000810. The Kier molecular flexibility index (Phi) is 4.99. The van der Waals surface area contributed by atoms with Crippen molar-refractivity contribution in [1.29, 1.82) is 0 Å². The van der Waals surface area contributed by atoms with E-state index >= 15 is 0 Å². The Hall–Kier alpha value is 0.170. The van der Waals surface area contributed by atoms with Gasteiger partial charge in [0.1, 0.15) is 0 Å². The molecule has 1 fully saturated rings. The molecule has 1 aliphatic heterocycles. The highest BCUT2D eigenvalue weighted by Gasteiger charge is 2.20. The standard InChI is InChI=1S/C6H13NO2.ClH/c1-9-4-5-2-6(8)3-7-5;/h5-8H,2-4H2,1H3;1H/t5-,6-;/m0./s1. The molecule has 62 valence electrons. The highest BCUT2D eigenvalue weighted by Crippen LogP contribution is 2.05. The quantitative estimate of drug-likeness (QED) is 0.598. The number of hydrogen-bond donors (Lipinski definition) is 2. The largest absolute Gasteiger partial charge is 0.392 e. The summed E-state index contributed by atoms with van der Waals surface area (Å²) in [5, 5.41) is 12.1. The zero-order chi connectivity index (χ0) is 6.69. The fraction of sp³-hybridized carbons (Fsp3) is 1.00. The van der Waals surface area contributed by atoms with Gasteiger partial charge in [0, 0.05) is 19.7 Å². The summed E-state index contributed by atoms with van der Waals surface area (Å²) in [7, 11) is 1.67. The average Bonchev–Trinajstić information content (AvgIpc) is 2.17. The number of hydrogen-bond acceptors (Lipinski definition) is 3. The summed E-state index contributed by atoms with van der Waals surface area (Å²) in [5.74, 6) is 0. The minimum atomic E-state index is -0.162. The minimum absolute atomic E-state index is 0. The van der Waals surface area contributed by atoms with Crippen LogP contribution in [0.2, 0.25) is 0 Å². The molecule has 2 atom stereocenters. The Morgan fingerprint density at radius 1 is 1.70 bits per heavy atom. The van der Waals surface area contributed by atoms with Gasteiger partial charge < -0.3 is 15.2 Å². The first kappa shape index (κ1) is 10.2. The first-order valence-corrected chi connectivity index (χ1v) is 3.23. The molecule has 1 rings (SSSR count). The van der Waals surface area contributed by atoms with Crippen LogP contribution in [0.5, 0.6) is 0 Å². The van der Waals surface area contributed by atoms with Crippen LogP contribution in [0.3, 0.4) is 0 Å². The van der Waals surface area contributed by atoms with Crippen molar-refractivity contribution >= 4 is 12.4 Å². The van der Waals surface area contributed by atoms with Crippen molar-refractivity contribution in [2.24, 2.45) is 0 Å². The van der Waals surface area contributed by atoms with Gasteiger partial charge in [-0.05, 0) is 6.42 Å². The molecule has 0 spiro atoms. The molecule has 10 heavy (non-hydrogen) atoms.